The molecule has 4 aromatic rings. The molecule has 0 bridgehead atoms. The normalized spacial score (nSPS) is 13.3. The second kappa shape index (κ2) is 8.09. The molecule has 1 fully saturated rings. The predicted molar refractivity (Wildman–Crippen MR) is 123 cm³/mol. The lowest BCUT2D eigenvalue weighted by atomic mass is 10.1. The Kier molecular flexibility index (Phi) is 5.11. The van der Waals surface area contributed by atoms with Crippen molar-refractivity contribution in [1.29, 1.82) is 0 Å². The van der Waals surface area contributed by atoms with E-state index in [0.29, 0.717) is 28.3 Å². The van der Waals surface area contributed by atoms with Crippen molar-refractivity contribution in [2.24, 2.45) is 0 Å². The number of carboxylic acid groups (broad SMARTS) is 1. The molecule has 7 nitrogen and oxygen atoms in total. The van der Waals surface area contributed by atoms with E-state index in [9.17, 15) is 14.7 Å². The zero-order valence-electron chi connectivity index (χ0n) is 17.0. The van der Waals surface area contributed by atoms with Gasteiger partial charge in [-0.1, -0.05) is 23.7 Å². The molecule has 1 saturated carbocycles. The molecule has 5 rings (SSSR count). The van der Waals surface area contributed by atoms with Crippen LogP contribution in [0.25, 0.3) is 10.9 Å². The lowest BCUT2D eigenvalue weighted by Crippen LogP contribution is -2.18. The molecule has 0 saturated heterocycles. The zero-order valence-corrected chi connectivity index (χ0v) is 17.7. The fraction of sp³-hybridized carbons (Fsp3) is 0.167. The van der Waals surface area contributed by atoms with Crippen LogP contribution >= 0.6 is 11.6 Å². The van der Waals surface area contributed by atoms with Crippen LogP contribution in [0.4, 0.5) is 11.6 Å². The van der Waals surface area contributed by atoms with Gasteiger partial charge in [0.15, 0.2) is 0 Å². The molecule has 0 atom stereocenters. The molecule has 0 amide bonds. The van der Waals surface area contributed by atoms with Crippen molar-refractivity contribution < 1.29 is 9.90 Å². The van der Waals surface area contributed by atoms with Crippen molar-refractivity contribution in [2.75, 3.05) is 5.32 Å². The number of nitrogens with zero attached hydrogens (tertiary/aromatic N) is 3. The van der Waals surface area contributed by atoms with Crippen molar-refractivity contribution >= 4 is 40.1 Å². The van der Waals surface area contributed by atoms with Crippen LogP contribution in [0, 0.1) is 0 Å². The topological polar surface area (TPSA) is 97.1 Å². The molecular weight excluding hydrogens is 428 g/mol. The van der Waals surface area contributed by atoms with Crippen molar-refractivity contribution in [3.63, 3.8) is 0 Å². The summed E-state index contributed by atoms with van der Waals surface area (Å²) in [6, 6.07) is 14.9. The highest BCUT2D eigenvalue weighted by molar-refractivity contribution is 6.30. The third-order valence-electron chi connectivity index (χ3n) is 5.47. The Morgan fingerprint density at radius 1 is 1.16 bits per heavy atom. The maximum absolute atomic E-state index is 12.6. The Morgan fingerprint density at radius 3 is 2.66 bits per heavy atom. The van der Waals surface area contributed by atoms with Gasteiger partial charge in [-0.2, -0.15) is 0 Å². The van der Waals surface area contributed by atoms with Crippen LogP contribution in [0.15, 0.2) is 65.7 Å². The van der Waals surface area contributed by atoms with E-state index in [0.717, 1.165) is 29.8 Å². The van der Waals surface area contributed by atoms with Gasteiger partial charge in [-0.15, -0.1) is 0 Å². The Balaban J connectivity index is 1.46. The van der Waals surface area contributed by atoms with E-state index in [2.05, 4.69) is 15.3 Å². The van der Waals surface area contributed by atoms with Crippen LogP contribution in [0.5, 0.6) is 0 Å². The number of fused-ring (bicyclic) bond motifs is 1. The van der Waals surface area contributed by atoms with Gasteiger partial charge in [0.2, 0.25) is 11.4 Å². The van der Waals surface area contributed by atoms with Gasteiger partial charge < -0.3 is 15.0 Å². The molecule has 32 heavy (non-hydrogen) atoms. The summed E-state index contributed by atoms with van der Waals surface area (Å²) in [5.74, 6) is -0.766. The van der Waals surface area contributed by atoms with E-state index in [-0.39, 0.29) is 11.6 Å². The lowest BCUT2D eigenvalue weighted by molar-refractivity contribution is 0.0695. The SMILES string of the molecule is O=C(O)c1cn(C2CC2)c2cc(Nc3nccc(Cc4ccc(Cl)cc4)n3)ccc2c1=O. The molecule has 8 heteroatoms. The van der Waals surface area contributed by atoms with Crippen molar-refractivity contribution in [2.45, 2.75) is 25.3 Å². The standard InChI is InChI=1S/C24H19ClN4O3/c25-15-3-1-14(2-4-15)11-17-9-10-26-24(28-17)27-16-5-8-19-21(12-16)29(18-6-7-18)13-20(22(19)30)23(31)32/h1-5,8-10,12-13,18H,6-7,11H2,(H,31,32)(H,26,27,28). The van der Waals surface area contributed by atoms with Gasteiger partial charge >= 0.3 is 5.97 Å². The van der Waals surface area contributed by atoms with Crippen LogP contribution in [-0.4, -0.2) is 25.6 Å². The smallest absolute Gasteiger partial charge is 0.341 e. The van der Waals surface area contributed by atoms with Crippen LogP contribution in [0.1, 0.15) is 40.5 Å². The average molecular weight is 447 g/mol. The summed E-state index contributed by atoms with van der Waals surface area (Å²) in [6.45, 7) is 0. The molecule has 0 aliphatic heterocycles. The quantitative estimate of drug-likeness (QED) is 0.441. The van der Waals surface area contributed by atoms with E-state index in [4.69, 9.17) is 11.6 Å². The molecule has 1 aliphatic carbocycles. The third-order valence-corrected chi connectivity index (χ3v) is 5.72. The van der Waals surface area contributed by atoms with Crippen molar-refractivity contribution in [3.8, 4) is 0 Å². The number of hydrogen-bond donors (Lipinski definition) is 2. The molecule has 0 unspecified atom stereocenters. The average Bonchev–Trinajstić information content (AvgIpc) is 3.61. The number of carbonyl (C=O) groups is 1. The van der Waals surface area contributed by atoms with Crippen LogP contribution in [-0.2, 0) is 6.42 Å². The Bertz CT molecular complexity index is 1400. The number of aromatic nitrogens is 3. The molecule has 2 N–H and O–H groups in total. The minimum Gasteiger partial charge on any atom is -0.477 e. The number of anilines is 2. The number of carboxylic acids is 1. The Labute approximate surface area is 188 Å². The number of aromatic carboxylic acids is 1. The highest BCUT2D eigenvalue weighted by atomic mass is 35.5. The largest absolute Gasteiger partial charge is 0.477 e. The highest BCUT2D eigenvalue weighted by Gasteiger charge is 2.26. The summed E-state index contributed by atoms with van der Waals surface area (Å²) >= 11 is 5.95. The van der Waals surface area contributed by atoms with Crippen LogP contribution in [0.3, 0.4) is 0 Å². The predicted octanol–water partition coefficient (Wildman–Crippen LogP) is 4.81. The van der Waals surface area contributed by atoms with E-state index < -0.39 is 11.4 Å². The van der Waals surface area contributed by atoms with Gasteiger partial charge in [-0.05, 0) is 54.8 Å². The van der Waals surface area contributed by atoms with Crippen molar-refractivity contribution in [1.82, 2.24) is 14.5 Å². The molecule has 2 aromatic heterocycles. The molecule has 0 spiro atoms. The first-order valence-corrected chi connectivity index (χ1v) is 10.6. The second-order valence-corrected chi connectivity index (χ2v) is 8.28. The minimum absolute atomic E-state index is 0.205. The van der Waals surface area contributed by atoms with Crippen LogP contribution in [0.2, 0.25) is 5.02 Å². The maximum Gasteiger partial charge on any atom is 0.341 e. The fourth-order valence-corrected chi connectivity index (χ4v) is 3.86. The number of nitrogens with one attached hydrogen (secondary N) is 1. The van der Waals surface area contributed by atoms with E-state index >= 15 is 0 Å². The van der Waals surface area contributed by atoms with E-state index in [1.54, 1.807) is 18.3 Å². The molecule has 2 aromatic carbocycles. The Morgan fingerprint density at radius 2 is 1.94 bits per heavy atom. The summed E-state index contributed by atoms with van der Waals surface area (Å²) in [7, 11) is 0. The first-order chi connectivity index (χ1) is 15.5. The summed E-state index contributed by atoms with van der Waals surface area (Å²) in [5, 5.41) is 13.7. The fourth-order valence-electron chi connectivity index (χ4n) is 3.73. The van der Waals surface area contributed by atoms with Gasteiger partial charge in [0.1, 0.15) is 5.56 Å². The number of hydrogen-bond acceptors (Lipinski definition) is 5. The van der Waals surface area contributed by atoms with Gasteiger partial charge in [0.05, 0.1) is 11.2 Å². The molecular formula is C24H19ClN4O3. The summed E-state index contributed by atoms with van der Waals surface area (Å²) < 4.78 is 1.89. The van der Waals surface area contributed by atoms with Gasteiger partial charge in [0, 0.05) is 41.0 Å². The molecule has 1 aliphatic rings. The number of halogens is 1. The summed E-state index contributed by atoms with van der Waals surface area (Å²) in [6.07, 6.45) is 5.72. The van der Waals surface area contributed by atoms with Gasteiger partial charge in [-0.3, -0.25) is 4.79 Å². The number of rotatable bonds is 6. The molecule has 2 heterocycles. The lowest BCUT2D eigenvalue weighted by Gasteiger charge is -2.13. The minimum atomic E-state index is -1.21. The molecule has 160 valence electrons. The number of pyridine rings is 1. The summed E-state index contributed by atoms with van der Waals surface area (Å²) in [5.41, 5.74) is 2.68. The van der Waals surface area contributed by atoms with Crippen molar-refractivity contribution in [3.05, 3.63) is 93.0 Å². The third kappa shape index (κ3) is 4.07. The van der Waals surface area contributed by atoms with Gasteiger partial charge in [-0.25, -0.2) is 14.8 Å². The highest BCUT2D eigenvalue weighted by Crippen LogP contribution is 2.37. The first-order valence-electron chi connectivity index (χ1n) is 10.2. The first kappa shape index (κ1) is 20.2. The van der Waals surface area contributed by atoms with E-state index in [1.807, 2.05) is 41.0 Å². The molecule has 0 radical (unpaired) electrons. The van der Waals surface area contributed by atoms with E-state index in [1.165, 1.54) is 6.20 Å². The van der Waals surface area contributed by atoms with Crippen LogP contribution < -0.4 is 10.7 Å². The second-order valence-electron chi connectivity index (χ2n) is 7.85. The van der Waals surface area contributed by atoms with Gasteiger partial charge in [0.25, 0.3) is 0 Å². The number of benzene rings is 2. The summed E-state index contributed by atoms with van der Waals surface area (Å²) in [4.78, 5) is 33.0. The zero-order chi connectivity index (χ0) is 22.2. The maximum atomic E-state index is 12.6. The Hall–Kier alpha value is -3.71. The monoisotopic (exact) mass is 446 g/mol.